The molecule has 0 aliphatic heterocycles. The number of hydrogen-bond acceptors (Lipinski definition) is 3. The van der Waals surface area contributed by atoms with Crippen molar-refractivity contribution in [3.05, 3.63) is 70.0 Å². The molecule has 0 aliphatic rings. The van der Waals surface area contributed by atoms with Gasteiger partial charge in [0.15, 0.2) is 0 Å². The maximum Gasteiger partial charge on any atom is 0.251 e. The van der Waals surface area contributed by atoms with Gasteiger partial charge in [0.1, 0.15) is 5.82 Å². The fraction of sp³-hybridized carbons (Fsp3) is 0. The molecular weight excluding hydrogens is 286 g/mol. The van der Waals surface area contributed by atoms with Gasteiger partial charge in [-0.15, -0.1) is 0 Å². The molecule has 0 saturated carbocycles. The zero-order valence-electron chi connectivity index (χ0n) is 11.0. The van der Waals surface area contributed by atoms with Gasteiger partial charge in [0.2, 0.25) is 0 Å². The van der Waals surface area contributed by atoms with Crippen LogP contribution in [0.25, 0.3) is 22.6 Å². The number of nitrogen functional groups attached to an aromatic ring is 1. The second kappa shape index (κ2) is 5.42. The lowest BCUT2D eigenvalue weighted by molar-refractivity contribution is 1.13. The highest BCUT2D eigenvalue weighted by molar-refractivity contribution is 6.33. The maximum absolute atomic E-state index is 11.9. The van der Waals surface area contributed by atoms with E-state index in [0.717, 1.165) is 5.56 Å². The number of aromatic nitrogens is 2. The fourth-order valence-electron chi connectivity index (χ4n) is 2.08. The van der Waals surface area contributed by atoms with E-state index in [9.17, 15) is 4.79 Å². The van der Waals surface area contributed by atoms with Crippen LogP contribution in [0.5, 0.6) is 0 Å². The first-order valence-corrected chi connectivity index (χ1v) is 6.73. The number of aromatic amines is 1. The quantitative estimate of drug-likeness (QED) is 0.713. The van der Waals surface area contributed by atoms with Crippen LogP contribution in [0.2, 0.25) is 5.02 Å². The number of rotatable bonds is 2. The summed E-state index contributed by atoms with van der Waals surface area (Å²) in [6.45, 7) is 0. The summed E-state index contributed by atoms with van der Waals surface area (Å²) in [4.78, 5) is 19.1. The highest BCUT2D eigenvalue weighted by Gasteiger charge is 2.09. The second-order valence-electron chi connectivity index (χ2n) is 4.58. The fourth-order valence-corrected chi connectivity index (χ4v) is 2.31. The van der Waals surface area contributed by atoms with Gasteiger partial charge in [-0.2, -0.15) is 0 Å². The molecule has 1 aromatic heterocycles. The average molecular weight is 298 g/mol. The van der Waals surface area contributed by atoms with E-state index >= 15 is 0 Å². The molecule has 21 heavy (non-hydrogen) atoms. The van der Waals surface area contributed by atoms with Crippen molar-refractivity contribution in [3.8, 4) is 22.6 Å². The molecule has 0 bridgehead atoms. The number of benzene rings is 2. The molecule has 4 nitrogen and oxygen atoms in total. The van der Waals surface area contributed by atoms with Crippen molar-refractivity contribution in [1.82, 2.24) is 9.97 Å². The van der Waals surface area contributed by atoms with Crippen molar-refractivity contribution < 1.29 is 0 Å². The minimum Gasteiger partial charge on any atom is -0.399 e. The molecule has 3 aromatic rings. The summed E-state index contributed by atoms with van der Waals surface area (Å²) in [5, 5.41) is 0.533. The summed E-state index contributed by atoms with van der Waals surface area (Å²) in [5.74, 6) is 0.436. The molecule has 0 amide bonds. The summed E-state index contributed by atoms with van der Waals surface area (Å²) in [5.41, 5.74) is 8.18. The van der Waals surface area contributed by atoms with Gasteiger partial charge in [0.25, 0.3) is 5.56 Å². The van der Waals surface area contributed by atoms with Crippen LogP contribution >= 0.6 is 11.6 Å². The molecule has 0 aliphatic carbocycles. The lowest BCUT2D eigenvalue weighted by atomic mass is 10.1. The number of hydrogen-bond donors (Lipinski definition) is 2. The third-order valence-electron chi connectivity index (χ3n) is 3.05. The minimum absolute atomic E-state index is 0.239. The van der Waals surface area contributed by atoms with E-state index in [1.54, 1.807) is 18.2 Å². The molecule has 1 heterocycles. The van der Waals surface area contributed by atoms with Crippen LogP contribution in [0.3, 0.4) is 0 Å². The lowest BCUT2D eigenvalue weighted by Gasteiger charge is -2.06. The van der Waals surface area contributed by atoms with E-state index in [4.69, 9.17) is 17.3 Å². The molecule has 0 radical (unpaired) electrons. The monoisotopic (exact) mass is 297 g/mol. The van der Waals surface area contributed by atoms with Crippen LogP contribution in [0.1, 0.15) is 0 Å². The van der Waals surface area contributed by atoms with Gasteiger partial charge in [-0.25, -0.2) is 4.98 Å². The van der Waals surface area contributed by atoms with Crippen LogP contribution in [-0.4, -0.2) is 9.97 Å². The molecule has 0 fully saturated rings. The summed E-state index contributed by atoms with van der Waals surface area (Å²) >= 11 is 6.15. The SMILES string of the molecule is Nc1cccc(-c2cc(=O)[nH]c(-c3ccccc3Cl)n2)c1. The van der Waals surface area contributed by atoms with Gasteiger partial charge in [-0.1, -0.05) is 35.9 Å². The molecule has 0 spiro atoms. The Hall–Kier alpha value is -2.59. The molecule has 0 atom stereocenters. The predicted octanol–water partition coefficient (Wildman–Crippen LogP) is 3.34. The molecule has 0 saturated heterocycles. The number of H-pyrrole nitrogens is 1. The first-order valence-electron chi connectivity index (χ1n) is 6.36. The van der Waals surface area contributed by atoms with Crippen LogP contribution < -0.4 is 11.3 Å². The first-order chi connectivity index (χ1) is 10.1. The Labute approximate surface area is 126 Å². The van der Waals surface area contributed by atoms with Crippen LogP contribution in [0, 0.1) is 0 Å². The zero-order valence-corrected chi connectivity index (χ0v) is 11.8. The largest absolute Gasteiger partial charge is 0.399 e. The van der Waals surface area contributed by atoms with E-state index in [2.05, 4.69) is 9.97 Å². The molecule has 3 N–H and O–H groups in total. The smallest absolute Gasteiger partial charge is 0.251 e. The predicted molar refractivity (Wildman–Crippen MR) is 85.2 cm³/mol. The van der Waals surface area contributed by atoms with E-state index in [-0.39, 0.29) is 5.56 Å². The van der Waals surface area contributed by atoms with Crippen molar-refractivity contribution in [3.63, 3.8) is 0 Å². The topological polar surface area (TPSA) is 71.8 Å². The third kappa shape index (κ3) is 2.80. The van der Waals surface area contributed by atoms with Gasteiger partial charge in [0, 0.05) is 22.9 Å². The third-order valence-corrected chi connectivity index (χ3v) is 3.38. The Morgan fingerprint density at radius 1 is 1.05 bits per heavy atom. The number of nitrogens with two attached hydrogens (primary N) is 1. The number of nitrogens with zero attached hydrogens (tertiary/aromatic N) is 1. The summed E-state index contributed by atoms with van der Waals surface area (Å²) in [6.07, 6.45) is 0. The summed E-state index contributed by atoms with van der Waals surface area (Å²) in [7, 11) is 0. The van der Waals surface area contributed by atoms with Crippen LogP contribution in [0.15, 0.2) is 59.4 Å². The van der Waals surface area contributed by atoms with Crippen molar-refractivity contribution in [2.45, 2.75) is 0 Å². The molecule has 104 valence electrons. The number of anilines is 1. The van der Waals surface area contributed by atoms with Gasteiger partial charge in [-0.05, 0) is 24.3 Å². The van der Waals surface area contributed by atoms with Gasteiger partial charge in [0.05, 0.1) is 10.7 Å². The van der Waals surface area contributed by atoms with E-state index in [1.165, 1.54) is 6.07 Å². The summed E-state index contributed by atoms with van der Waals surface area (Å²) in [6, 6.07) is 15.9. The van der Waals surface area contributed by atoms with Crippen LogP contribution in [-0.2, 0) is 0 Å². The average Bonchev–Trinajstić information content (AvgIpc) is 2.47. The Morgan fingerprint density at radius 2 is 1.86 bits per heavy atom. The Balaban J connectivity index is 2.18. The van der Waals surface area contributed by atoms with Crippen LogP contribution in [0.4, 0.5) is 5.69 Å². The van der Waals surface area contributed by atoms with Crippen molar-refractivity contribution in [2.24, 2.45) is 0 Å². The molecule has 3 rings (SSSR count). The van der Waals surface area contributed by atoms with Crippen molar-refractivity contribution in [2.75, 3.05) is 5.73 Å². The Bertz CT molecular complexity index is 858. The van der Waals surface area contributed by atoms with E-state index < -0.39 is 0 Å². The summed E-state index contributed by atoms with van der Waals surface area (Å²) < 4.78 is 0. The van der Waals surface area contributed by atoms with Gasteiger partial charge in [-0.3, -0.25) is 4.79 Å². The van der Waals surface area contributed by atoms with E-state index in [1.807, 2.05) is 30.3 Å². The molecule has 0 unspecified atom stereocenters. The Morgan fingerprint density at radius 3 is 2.62 bits per heavy atom. The first kappa shape index (κ1) is 13.4. The second-order valence-corrected chi connectivity index (χ2v) is 4.99. The van der Waals surface area contributed by atoms with E-state index in [0.29, 0.717) is 27.8 Å². The lowest BCUT2D eigenvalue weighted by Crippen LogP contribution is -2.08. The van der Waals surface area contributed by atoms with Crippen molar-refractivity contribution in [1.29, 1.82) is 0 Å². The highest BCUT2D eigenvalue weighted by atomic mass is 35.5. The molecule has 5 heteroatoms. The normalized spacial score (nSPS) is 10.5. The zero-order chi connectivity index (χ0) is 14.8. The number of halogens is 1. The number of nitrogens with one attached hydrogen (secondary N) is 1. The molecular formula is C16H12ClN3O. The van der Waals surface area contributed by atoms with Crippen molar-refractivity contribution >= 4 is 17.3 Å². The molecule has 2 aromatic carbocycles. The standard InChI is InChI=1S/C16H12ClN3O/c17-13-7-2-1-6-12(13)16-19-14(9-15(21)20-16)10-4-3-5-11(18)8-10/h1-9H,18H2,(H,19,20,21). The highest BCUT2D eigenvalue weighted by Crippen LogP contribution is 2.26. The minimum atomic E-state index is -0.239. The maximum atomic E-state index is 11.9. The van der Waals surface area contributed by atoms with Gasteiger partial charge < -0.3 is 10.7 Å². The van der Waals surface area contributed by atoms with Gasteiger partial charge >= 0.3 is 0 Å². The Kier molecular flexibility index (Phi) is 3.46.